The Bertz CT molecular complexity index is 189. The Balaban J connectivity index is 0. The molecule has 2 unspecified atom stereocenters. The van der Waals surface area contributed by atoms with Gasteiger partial charge < -0.3 is 0 Å². The summed E-state index contributed by atoms with van der Waals surface area (Å²) >= 11 is 0. The Kier molecular flexibility index (Phi) is 7.89. The summed E-state index contributed by atoms with van der Waals surface area (Å²) in [5, 5.41) is 0. The largest absolute Gasteiger partial charge is 0.269 e. The van der Waals surface area contributed by atoms with Crippen LogP contribution in [0.2, 0.25) is 0 Å². The van der Waals surface area contributed by atoms with Gasteiger partial charge in [-0.15, -0.1) is 0 Å². The summed E-state index contributed by atoms with van der Waals surface area (Å²) in [4.78, 5) is 0. The first-order chi connectivity index (χ1) is 5.61. The molecule has 1 aliphatic rings. The molecule has 0 spiro atoms. The zero-order valence-corrected chi connectivity index (χ0v) is 9.72. The zero-order chi connectivity index (χ0) is 9.72. The molecular weight excluding hydrogens is 163 g/mol. The second-order valence-electron chi connectivity index (χ2n) is 3.45. The number of halogens is 1. The summed E-state index contributed by atoms with van der Waals surface area (Å²) in [7, 11) is 0. The molecule has 1 heteroatoms. The predicted molar refractivity (Wildman–Crippen MR) is 59.7 cm³/mol. The van der Waals surface area contributed by atoms with Crippen molar-refractivity contribution in [2.45, 2.75) is 41.5 Å². The van der Waals surface area contributed by atoms with Crippen LogP contribution in [0.5, 0.6) is 0 Å². The fourth-order valence-corrected chi connectivity index (χ4v) is 1.51. The third-order valence-corrected chi connectivity index (χ3v) is 2.49. The number of rotatable bonds is 0. The van der Waals surface area contributed by atoms with Crippen LogP contribution in [-0.4, -0.2) is 0 Å². The lowest BCUT2D eigenvalue weighted by Crippen LogP contribution is -2.10. The predicted octanol–water partition coefficient (Wildman–Crippen LogP) is 4.34. The van der Waals surface area contributed by atoms with Crippen molar-refractivity contribution in [1.82, 2.24) is 0 Å². The minimum atomic E-state index is 0. The molecule has 1 aliphatic carbocycles. The molecule has 1 rings (SSSR count). The summed E-state index contributed by atoms with van der Waals surface area (Å²) in [6.45, 7) is 13.0. The molecule has 0 aromatic carbocycles. The van der Waals surface area contributed by atoms with Gasteiger partial charge in [-0.3, -0.25) is 4.70 Å². The van der Waals surface area contributed by atoms with Crippen LogP contribution >= 0.6 is 0 Å². The van der Waals surface area contributed by atoms with Gasteiger partial charge in [-0.05, 0) is 25.7 Å². The van der Waals surface area contributed by atoms with Crippen LogP contribution in [0.25, 0.3) is 0 Å². The summed E-state index contributed by atoms with van der Waals surface area (Å²) in [5.74, 6) is 1.47. The maximum Gasteiger partial charge on any atom is -0.0171 e. The molecule has 0 heterocycles. The Morgan fingerprint density at radius 1 is 1.08 bits per heavy atom. The number of allylic oxidation sites excluding steroid dienone is 4. The first-order valence-corrected chi connectivity index (χ1v) is 4.98. The summed E-state index contributed by atoms with van der Waals surface area (Å²) in [5.41, 5.74) is 2.94. The second kappa shape index (κ2) is 6.88. The Hall–Kier alpha value is -0.590. The van der Waals surface area contributed by atoms with Crippen LogP contribution in [0.15, 0.2) is 23.3 Å². The summed E-state index contributed by atoms with van der Waals surface area (Å²) in [6, 6.07) is 0. The highest BCUT2D eigenvalue weighted by Gasteiger charge is 2.14. The van der Waals surface area contributed by atoms with E-state index in [1.807, 2.05) is 13.8 Å². The van der Waals surface area contributed by atoms with Gasteiger partial charge in [0.25, 0.3) is 0 Å². The molecule has 13 heavy (non-hydrogen) atoms. The van der Waals surface area contributed by atoms with Gasteiger partial charge in [0.2, 0.25) is 0 Å². The molecule has 0 bridgehead atoms. The third-order valence-electron chi connectivity index (χ3n) is 2.49. The van der Waals surface area contributed by atoms with Gasteiger partial charge in [0.1, 0.15) is 0 Å². The standard InChI is InChI=1S/C10H16.C2H6.FH/c1-7-5-8(2)10(4)9(3)6-7;1-2;/h5-6,8,10H,1-4H3;1-2H3;1H. The summed E-state index contributed by atoms with van der Waals surface area (Å²) < 4.78 is 0. The van der Waals surface area contributed by atoms with Gasteiger partial charge >= 0.3 is 0 Å². The average Bonchev–Trinajstić information content (AvgIpc) is 2.04. The van der Waals surface area contributed by atoms with E-state index in [0.29, 0.717) is 0 Å². The average molecular weight is 186 g/mol. The van der Waals surface area contributed by atoms with Crippen LogP contribution in [0.3, 0.4) is 0 Å². The van der Waals surface area contributed by atoms with Gasteiger partial charge in [0, 0.05) is 0 Å². The molecule has 0 nitrogen and oxygen atoms in total. The van der Waals surface area contributed by atoms with E-state index in [2.05, 4.69) is 39.8 Å². The molecule has 0 fully saturated rings. The lowest BCUT2D eigenvalue weighted by molar-refractivity contribution is 0.519. The molecule has 78 valence electrons. The smallest absolute Gasteiger partial charge is 0.0171 e. The van der Waals surface area contributed by atoms with Crippen molar-refractivity contribution in [3.63, 3.8) is 0 Å². The molecule has 0 saturated heterocycles. The fourth-order valence-electron chi connectivity index (χ4n) is 1.51. The van der Waals surface area contributed by atoms with Crippen molar-refractivity contribution >= 4 is 0 Å². The lowest BCUT2D eigenvalue weighted by atomic mass is 9.83. The van der Waals surface area contributed by atoms with E-state index >= 15 is 0 Å². The quantitative estimate of drug-likeness (QED) is 0.528. The lowest BCUT2D eigenvalue weighted by Gasteiger charge is -2.22. The highest BCUT2D eigenvalue weighted by Crippen LogP contribution is 2.27. The van der Waals surface area contributed by atoms with Crippen molar-refractivity contribution in [2.24, 2.45) is 11.8 Å². The highest BCUT2D eigenvalue weighted by molar-refractivity contribution is 5.28. The molecule has 0 saturated carbocycles. The van der Waals surface area contributed by atoms with Crippen molar-refractivity contribution in [3.8, 4) is 0 Å². The topological polar surface area (TPSA) is 0 Å². The third kappa shape index (κ3) is 4.25. The van der Waals surface area contributed by atoms with Gasteiger partial charge in [0.15, 0.2) is 0 Å². The molecule has 0 aromatic rings. The van der Waals surface area contributed by atoms with E-state index in [0.717, 1.165) is 11.8 Å². The molecule has 0 radical (unpaired) electrons. The number of hydrogen-bond donors (Lipinski definition) is 0. The maximum absolute atomic E-state index is 2.34. The normalized spacial score (nSPS) is 26.0. The van der Waals surface area contributed by atoms with Crippen LogP contribution in [-0.2, 0) is 0 Å². The highest BCUT2D eigenvalue weighted by atomic mass is 19.0. The van der Waals surface area contributed by atoms with Gasteiger partial charge in [-0.2, -0.15) is 0 Å². The van der Waals surface area contributed by atoms with E-state index in [-0.39, 0.29) is 4.70 Å². The van der Waals surface area contributed by atoms with Gasteiger partial charge in [-0.25, -0.2) is 0 Å². The van der Waals surface area contributed by atoms with E-state index in [1.54, 1.807) is 0 Å². The van der Waals surface area contributed by atoms with Crippen LogP contribution in [0, 0.1) is 11.8 Å². The van der Waals surface area contributed by atoms with E-state index in [9.17, 15) is 0 Å². The van der Waals surface area contributed by atoms with Crippen molar-refractivity contribution < 1.29 is 4.70 Å². The summed E-state index contributed by atoms with van der Waals surface area (Å²) in [6.07, 6.45) is 4.63. The minimum Gasteiger partial charge on any atom is -0.269 e. The van der Waals surface area contributed by atoms with Crippen LogP contribution < -0.4 is 0 Å². The van der Waals surface area contributed by atoms with E-state index in [4.69, 9.17) is 0 Å². The monoisotopic (exact) mass is 186 g/mol. The number of hydrogen-bond acceptors (Lipinski definition) is 0. The Morgan fingerprint density at radius 2 is 1.54 bits per heavy atom. The van der Waals surface area contributed by atoms with E-state index < -0.39 is 0 Å². The molecular formula is C12H23F. The Labute approximate surface area is 82.1 Å². The van der Waals surface area contributed by atoms with Crippen LogP contribution in [0.1, 0.15) is 41.5 Å². The van der Waals surface area contributed by atoms with Crippen molar-refractivity contribution in [1.29, 1.82) is 0 Å². The molecule has 0 aliphatic heterocycles. The van der Waals surface area contributed by atoms with E-state index in [1.165, 1.54) is 11.1 Å². The maximum atomic E-state index is 2.34. The Morgan fingerprint density at radius 3 is 1.92 bits per heavy atom. The first-order valence-electron chi connectivity index (χ1n) is 4.98. The molecule has 0 amide bonds. The van der Waals surface area contributed by atoms with Crippen LogP contribution in [0.4, 0.5) is 4.70 Å². The fraction of sp³-hybridized carbons (Fsp3) is 0.667. The SMILES string of the molecule is CC.CC1=CC(C)C(C)C(C)=C1.F. The molecule has 2 atom stereocenters. The minimum absolute atomic E-state index is 0. The van der Waals surface area contributed by atoms with Gasteiger partial charge in [-0.1, -0.05) is 51.0 Å². The molecule has 0 aromatic heterocycles. The zero-order valence-electron chi connectivity index (χ0n) is 9.72. The second-order valence-corrected chi connectivity index (χ2v) is 3.45. The first kappa shape index (κ1) is 14.9. The molecule has 0 N–H and O–H groups in total. The van der Waals surface area contributed by atoms with Gasteiger partial charge in [0.05, 0.1) is 0 Å². The van der Waals surface area contributed by atoms with Crippen molar-refractivity contribution in [3.05, 3.63) is 23.3 Å². The van der Waals surface area contributed by atoms with Crippen molar-refractivity contribution in [2.75, 3.05) is 0 Å².